The lowest BCUT2D eigenvalue weighted by Crippen LogP contribution is -2.14. The first-order valence-electron chi connectivity index (χ1n) is 7.25. The Morgan fingerprint density at radius 2 is 2.15 bits per heavy atom. The van der Waals surface area contributed by atoms with Gasteiger partial charge in [-0.3, -0.25) is 4.98 Å². The van der Waals surface area contributed by atoms with Gasteiger partial charge in [-0.15, -0.1) is 11.3 Å². The quantitative estimate of drug-likeness (QED) is 0.812. The highest BCUT2D eigenvalue weighted by molar-refractivity contribution is 7.15. The molecule has 2 heterocycles. The lowest BCUT2D eigenvalue weighted by atomic mass is 10.1. The van der Waals surface area contributed by atoms with Gasteiger partial charge in [0.05, 0.1) is 5.69 Å². The molecular formula is C16H23N3S. The maximum absolute atomic E-state index is 4.84. The van der Waals surface area contributed by atoms with Crippen molar-refractivity contribution >= 4 is 11.3 Å². The number of hydrogen-bond acceptors (Lipinski definition) is 4. The molecule has 4 heteroatoms. The highest BCUT2D eigenvalue weighted by Gasteiger charge is 2.16. The van der Waals surface area contributed by atoms with Crippen molar-refractivity contribution in [3.05, 3.63) is 34.5 Å². The van der Waals surface area contributed by atoms with E-state index in [2.05, 4.69) is 44.1 Å². The van der Waals surface area contributed by atoms with Gasteiger partial charge in [-0.1, -0.05) is 26.8 Å². The summed E-state index contributed by atoms with van der Waals surface area (Å²) in [4.78, 5) is 10.7. The number of nitrogens with zero attached hydrogens (tertiary/aromatic N) is 2. The van der Waals surface area contributed by atoms with Crippen LogP contribution >= 0.6 is 11.3 Å². The summed E-state index contributed by atoms with van der Waals surface area (Å²) >= 11 is 1.77. The lowest BCUT2D eigenvalue weighted by Gasteiger charge is -2.05. The summed E-state index contributed by atoms with van der Waals surface area (Å²) in [7, 11) is 0. The Bertz CT molecular complexity index is 561. The fraction of sp³-hybridized carbons (Fsp3) is 0.500. The Kier molecular flexibility index (Phi) is 5.26. The van der Waals surface area contributed by atoms with Crippen LogP contribution in [-0.2, 0) is 6.54 Å². The van der Waals surface area contributed by atoms with Crippen molar-refractivity contribution in [3.63, 3.8) is 0 Å². The topological polar surface area (TPSA) is 37.8 Å². The van der Waals surface area contributed by atoms with E-state index in [-0.39, 0.29) is 0 Å². The third-order valence-corrected chi connectivity index (χ3v) is 4.28. The maximum Gasteiger partial charge on any atom is 0.142 e. The van der Waals surface area contributed by atoms with Crippen molar-refractivity contribution in [3.8, 4) is 10.7 Å². The van der Waals surface area contributed by atoms with E-state index in [1.807, 2.05) is 12.3 Å². The van der Waals surface area contributed by atoms with E-state index >= 15 is 0 Å². The minimum atomic E-state index is 0.447. The highest BCUT2D eigenvalue weighted by Crippen LogP contribution is 2.32. The van der Waals surface area contributed by atoms with E-state index in [4.69, 9.17) is 4.98 Å². The molecule has 0 aliphatic carbocycles. The SMILES string of the molecule is CCCNCc1sc(-c2ncccc2C)nc1C(C)C. The highest BCUT2D eigenvalue weighted by atomic mass is 32.1. The predicted octanol–water partition coefficient (Wildman–Crippen LogP) is 4.14. The molecule has 2 aromatic heterocycles. The van der Waals surface area contributed by atoms with Crippen LogP contribution in [0.3, 0.4) is 0 Å². The molecule has 0 unspecified atom stereocenters. The molecule has 0 radical (unpaired) electrons. The maximum atomic E-state index is 4.84. The van der Waals surface area contributed by atoms with E-state index in [0.717, 1.165) is 30.2 Å². The van der Waals surface area contributed by atoms with Crippen LogP contribution < -0.4 is 5.32 Å². The number of aromatic nitrogens is 2. The zero-order valence-electron chi connectivity index (χ0n) is 12.7. The van der Waals surface area contributed by atoms with Crippen molar-refractivity contribution in [2.45, 2.75) is 46.6 Å². The number of rotatable bonds is 6. The van der Waals surface area contributed by atoms with Gasteiger partial charge in [0.15, 0.2) is 0 Å². The van der Waals surface area contributed by atoms with E-state index in [0.29, 0.717) is 5.92 Å². The van der Waals surface area contributed by atoms with E-state index < -0.39 is 0 Å². The summed E-state index contributed by atoms with van der Waals surface area (Å²) in [6.45, 7) is 10.6. The minimum absolute atomic E-state index is 0.447. The molecule has 0 fully saturated rings. The molecule has 0 spiro atoms. The van der Waals surface area contributed by atoms with Gasteiger partial charge in [0.1, 0.15) is 10.7 Å². The third kappa shape index (κ3) is 3.44. The molecule has 2 rings (SSSR count). The van der Waals surface area contributed by atoms with Gasteiger partial charge in [-0.2, -0.15) is 0 Å². The molecule has 20 heavy (non-hydrogen) atoms. The fourth-order valence-electron chi connectivity index (χ4n) is 2.13. The second-order valence-corrected chi connectivity index (χ2v) is 6.41. The van der Waals surface area contributed by atoms with Gasteiger partial charge in [0, 0.05) is 17.6 Å². The number of aryl methyl sites for hydroxylation is 1. The molecule has 1 N–H and O–H groups in total. The minimum Gasteiger partial charge on any atom is -0.312 e. The molecule has 0 atom stereocenters. The molecule has 0 saturated carbocycles. The molecule has 3 nitrogen and oxygen atoms in total. The monoisotopic (exact) mass is 289 g/mol. The number of hydrogen-bond donors (Lipinski definition) is 1. The molecule has 2 aromatic rings. The standard InChI is InChI=1S/C16H23N3S/c1-5-8-17-10-13-14(11(2)3)19-16(20-13)15-12(4)7-6-9-18-15/h6-7,9,11,17H,5,8,10H2,1-4H3. The third-order valence-electron chi connectivity index (χ3n) is 3.20. The molecule has 0 bridgehead atoms. The summed E-state index contributed by atoms with van der Waals surface area (Å²) in [5.41, 5.74) is 3.41. The Morgan fingerprint density at radius 1 is 1.35 bits per heavy atom. The van der Waals surface area contributed by atoms with E-state index in [1.165, 1.54) is 16.1 Å². The van der Waals surface area contributed by atoms with Crippen LogP contribution in [-0.4, -0.2) is 16.5 Å². The van der Waals surface area contributed by atoms with Gasteiger partial charge < -0.3 is 5.32 Å². The Balaban J connectivity index is 2.31. The van der Waals surface area contributed by atoms with Crippen LogP contribution in [0, 0.1) is 6.92 Å². The molecule has 108 valence electrons. The summed E-state index contributed by atoms with van der Waals surface area (Å²) in [5.74, 6) is 0.447. The first-order valence-corrected chi connectivity index (χ1v) is 8.07. The zero-order chi connectivity index (χ0) is 14.5. The Hall–Kier alpha value is -1.26. The number of nitrogens with one attached hydrogen (secondary N) is 1. The van der Waals surface area contributed by atoms with Crippen molar-refractivity contribution in [1.29, 1.82) is 0 Å². The van der Waals surface area contributed by atoms with Crippen molar-refractivity contribution in [1.82, 2.24) is 15.3 Å². The van der Waals surface area contributed by atoms with Crippen molar-refractivity contribution in [2.75, 3.05) is 6.54 Å². The van der Waals surface area contributed by atoms with Crippen LogP contribution in [0.5, 0.6) is 0 Å². The Labute approximate surface area is 125 Å². The number of pyridine rings is 1. The molecule has 0 amide bonds. The molecule has 0 aliphatic heterocycles. The van der Waals surface area contributed by atoms with Gasteiger partial charge >= 0.3 is 0 Å². The first kappa shape index (κ1) is 15.1. The summed E-state index contributed by atoms with van der Waals surface area (Å²) in [6, 6.07) is 4.06. The van der Waals surface area contributed by atoms with E-state index in [9.17, 15) is 0 Å². The Morgan fingerprint density at radius 3 is 2.80 bits per heavy atom. The molecule has 0 aromatic carbocycles. The van der Waals surface area contributed by atoms with Gasteiger partial charge in [-0.05, 0) is 37.4 Å². The van der Waals surface area contributed by atoms with E-state index in [1.54, 1.807) is 11.3 Å². The zero-order valence-corrected chi connectivity index (χ0v) is 13.5. The average molecular weight is 289 g/mol. The largest absolute Gasteiger partial charge is 0.312 e. The summed E-state index contributed by atoms with van der Waals surface area (Å²) < 4.78 is 0. The van der Waals surface area contributed by atoms with Crippen LogP contribution in [0.1, 0.15) is 49.2 Å². The summed E-state index contributed by atoms with van der Waals surface area (Å²) in [6.07, 6.45) is 3.00. The van der Waals surface area contributed by atoms with Gasteiger partial charge in [-0.25, -0.2) is 4.98 Å². The van der Waals surface area contributed by atoms with Gasteiger partial charge in [0.2, 0.25) is 0 Å². The van der Waals surface area contributed by atoms with Crippen molar-refractivity contribution < 1.29 is 0 Å². The second kappa shape index (κ2) is 6.95. The van der Waals surface area contributed by atoms with Crippen LogP contribution in [0.4, 0.5) is 0 Å². The number of thiazole rings is 1. The molecule has 0 aliphatic rings. The van der Waals surface area contributed by atoms with Crippen LogP contribution in [0.25, 0.3) is 10.7 Å². The molecule has 0 saturated heterocycles. The predicted molar refractivity (Wildman–Crippen MR) is 86.2 cm³/mol. The lowest BCUT2D eigenvalue weighted by molar-refractivity contribution is 0.670. The van der Waals surface area contributed by atoms with Crippen molar-refractivity contribution in [2.24, 2.45) is 0 Å². The smallest absolute Gasteiger partial charge is 0.142 e. The second-order valence-electron chi connectivity index (χ2n) is 5.33. The summed E-state index contributed by atoms with van der Waals surface area (Å²) in [5, 5.41) is 4.52. The van der Waals surface area contributed by atoms with Crippen LogP contribution in [0.2, 0.25) is 0 Å². The fourth-order valence-corrected chi connectivity index (χ4v) is 3.38. The average Bonchev–Trinajstić information content (AvgIpc) is 2.84. The van der Waals surface area contributed by atoms with Gasteiger partial charge in [0.25, 0.3) is 0 Å². The van der Waals surface area contributed by atoms with Crippen LogP contribution in [0.15, 0.2) is 18.3 Å². The normalized spacial score (nSPS) is 11.2. The molecular weight excluding hydrogens is 266 g/mol. The first-order chi connectivity index (χ1) is 9.63.